The molecule has 1 aromatic carbocycles. The van der Waals surface area contributed by atoms with Crippen molar-refractivity contribution in [1.82, 2.24) is 5.43 Å². The second-order valence-electron chi connectivity index (χ2n) is 3.46. The molecular weight excluding hydrogens is 148 g/mol. The Morgan fingerprint density at radius 2 is 2.25 bits per heavy atom. The van der Waals surface area contributed by atoms with E-state index in [1.165, 1.54) is 17.5 Å². The lowest BCUT2D eigenvalue weighted by Gasteiger charge is -2.34. The maximum absolute atomic E-state index is 5.39. The zero-order chi connectivity index (χ0) is 8.55. The van der Waals surface area contributed by atoms with Gasteiger partial charge in [0.05, 0.1) is 0 Å². The van der Waals surface area contributed by atoms with Crippen LogP contribution in [0.15, 0.2) is 24.3 Å². The van der Waals surface area contributed by atoms with Crippen LogP contribution in [-0.4, -0.2) is 6.04 Å². The van der Waals surface area contributed by atoms with Gasteiger partial charge in [0.1, 0.15) is 0 Å². The molecule has 0 fully saturated rings. The predicted molar refractivity (Wildman–Crippen MR) is 49.7 cm³/mol. The molecule has 1 aliphatic rings. The van der Waals surface area contributed by atoms with Crippen molar-refractivity contribution in [3.8, 4) is 0 Å². The quantitative estimate of drug-likeness (QED) is 0.506. The summed E-state index contributed by atoms with van der Waals surface area (Å²) in [4.78, 5) is 0. The second-order valence-corrected chi connectivity index (χ2v) is 3.46. The summed E-state index contributed by atoms with van der Waals surface area (Å²) >= 11 is 0. The third-order valence-electron chi connectivity index (χ3n) is 2.76. The lowest BCUT2D eigenvalue weighted by atomic mass is 9.74. The Balaban J connectivity index is 2.19. The first kappa shape index (κ1) is 7.77. The normalized spacial score (nSPS) is 22.7. The molecule has 2 rings (SSSR count). The van der Waals surface area contributed by atoms with Crippen LogP contribution >= 0.6 is 0 Å². The highest BCUT2D eigenvalue weighted by molar-refractivity contribution is 5.40. The molecule has 64 valence electrons. The molecule has 0 amide bonds. The number of fused-ring (bicyclic) bond motifs is 1. The fourth-order valence-electron chi connectivity index (χ4n) is 1.86. The summed E-state index contributed by atoms with van der Waals surface area (Å²) < 4.78 is 0. The Labute approximate surface area is 72.7 Å². The van der Waals surface area contributed by atoms with Crippen LogP contribution in [0.2, 0.25) is 0 Å². The SMILES string of the molecule is CC(NN)C1Cc2ccccc21. The summed E-state index contributed by atoms with van der Waals surface area (Å²) in [6.45, 7) is 2.13. The number of benzene rings is 1. The minimum Gasteiger partial charge on any atom is -0.271 e. The molecule has 2 unspecified atom stereocenters. The van der Waals surface area contributed by atoms with Gasteiger partial charge in [0.25, 0.3) is 0 Å². The summed E-state index contributed by atoms with van der Waals surface area (Å²) in [5, 5.41) is 0. The molecule has 0 aromatic heterocycles. The molecular formula is C10H14N2. The van der Waals surface area contributed by atoms with Gasteiger partial charge in [0.15, 0.2) is 0 Å². The summed E-state index contributed by atoms with van der Waals surface area (Å²) in [7, 11) is 0. The van der Waals surface area contributed by atoms with Gasteiger partial charge < -0.3 is 0 Å². The standard InChI is InChI=1S/C10H14N2/c1-7(12-11)10-6-8-4-2-3-5-9(8)10/h2-5,7,10,12H,6,11H2,1H3. The Kier molecular flexibility index (Phi) is 1.87. The largest absolute Gasteiger partial charge is 0.271 e. The van der Waals surface area contributed by atoms with Gasteiger partial charge in [-0.2, -0.15) is 0 Å². The van der Waals surface area contributed by atoms with E-state index in [4.69, 9.17) is 5.84 Å². The Morgan fingerprint density at radius 1 is 1.50 bits per heavy atom. The number of nitrogens with one attached hydrogen (secondary N) is 1. The summed E-state index contributed by atoms with van der Waals surface area (Å²) in [5.41, 5.74) is 5.75. The Morgan fingerprint density at radius 3 is 2.92 bits per heavy atom. The van der Waals surface area contributed by atoms with Crippen LogP contribution in [0.1, 0.15) is 24.0 Å². The average molecular weight is 162 g/mol. The van der Waals surface area contributed by atoms with E-state index >= 15 is 0 Å². The highest BCUT2D eigenvalue weighted by atomic mass is 15.2. The third-order valence-corrected chi connectivity index (χ3v) is 2.76. The summed E-state index contributed by atoms with van der Waals surface area (Å²) in [5.74, 6) is 6.01. The monoisotopic (exact) mass is 162 g/mol. The molecule has 2 nitrogen and oxygen atoms in total. The van der Waals surface area contributed by atoms with Gasteiger partial charge in [-0.05, 0) is 24.5 Å². The van der Waals surface area contributed by atoms with Crippen LogP contribution < -0.4 is 11.3 Å². The van der Waals surface area contributed by atoms with Crippen molar-refractivity contribution < 1.29 is 0 Å². The molecule has 0 bridgehead atoms. The zero-order valence-electron chi connectivity index (χ0n) is 7.25. The zero-order valence-corrected chi connectivity index (χ0v) is 7.25. The van der Waals surface area contributed by atoms with E-state index in [2.05, 4.69) is 36.6 Å². The number of hydrogen-bond acceptors (Lipinski definition) is 2. The van der Waals surface area contributed by atoms with Crippen molar-refractivity contribution >= 4 is 0 Å². The smallest absolute Gasteiger partial charge is 0.0254 e. The summed E-state index contributed by atoms with van der Waals surface area (Å²) in [6.07, 6.45) is 1.17. The molecule has 12 heavy (non-hydrogen) atoms. The van der Waals surface area contributed by atoms with Crippen molar-refractivity contribution in [2.45, 2.75) is 25.3 Å². The molecule has 0 heterocycles. The minimum atomic E-state index is 0.389. The van der Waals surface area contributed by atoms with Crippen LogP contribution in [0.5, 0.6) is 0 Å². The highest BCUT2D eigenvalue weighted by Gasteiger charge is 2.29. The van der Waals surface area contributed by atoms with E-state index < -0.39 is 0 Å². The van der Waals surface area contributed by atoms with Crippen molar-refractivity contribution in [3.63, 3.8) is 0 Å². The van der Waals surface area contributed by atoms with Crippen LogP contribution in [-0.2, 0) is 6.42 Å². The van der Waals surface area contributed by atoms with E-state index in [1.54, 1.807) is 0 Å². The Bertz CT molecular complexity index is 283. The molecule has 0 saturated carbocycles. The molecule has 3 N–H and O–H groups in total. The van der Waals surface area contributed by atoms with Crippen LogP contribution in [0.4, 0.5) is 0 Å². The fraction of sp³-hybridized carbons (Fsp3) is 0.400. The van der Waals surface area contributed by atoms with Gasteiger partial charge in [-0.3, -0.25) is 11.3 Å². The number of rotatable bonds is 2. The first-order chi connectivity index (χ1) is 5.83. The fourth-order valence-corrected chi connectivity index (χ4v) is 1.86. The van der Waals surface area contributed by atoms with Crippen LogP contribution in [0.3, 0.4) is 0 Å². The Hall–Kier alpha value is -0.860. The second kappa shape index (κ2) is 2.88. The van der Waals surface area contributed by atoms with Gasteiger partial charge in [0, 0.05) is 12.0 Å². The van der Waals surface area contributed by atoms with Gasteiger partial charge in [-0.25, -0.2) is 0 Å². The third kappa shape index (κ3) is 1.04. The maximum atomic E-state index is 5.39. The molecule has 0 saturated heterocycles. The van der Waals surface area contributed by atoms with Gasteiger partial charge in [-0.15, -0.1) is 0 Å². The van der Waals surface area contributed by atoms with Gasteiger partial charge in [-0.1, -0.05) is 24.3 Å². The lowest BCUT2D eigenvalue weighted by molar-refractivity contribution is 0.433. The van der Waals surface area contributed by atoms with E-state index in [0.717, 1.165) is 0 Å². The first-order valence-electron chi connectivity index (χ1n) is 4.37. The van der Waals surface area contributed by atoms with E-state index in [-0.39, 0.29) is 0 Å². The van der Waals surface area contributed by atoms with Crippen molar-refractivity contribution in [2.24, 2.45) is 5.84 Å². The van der Waals surface area contributed by atoms with Gasteiger partial charge in [0.2, 0.25) is 0 Å². The maximum Gasteiger partial charge on any atom is 0.0254 e. The van der Waals surface area contributed by atoms with Gasteiger partial charge >= 0.3 is 0 Å². The van der Waals surface area contributed by atoms with Crippen LogP contribution in [0.25, 0.3) is 0 Å². The topological polar surface area (TPSA) is 38.0 Å². The number of hydrogen-bond donors (Lipinski definition) is 2. The van der Waals surface area contributed by atoms with Crippen molar-refractivity contribution in [2.75, 3.05) is 0 Å². The summed E-state index contributed by atoms with van der Waals surface area (Å²) in [6, 6.07) is 8.95. The highest BCUT2D eigenvalue weighted by Crippen LogP contribution is 2.36. The minimum absolute atomic E-state index is 0.389. The van der Waals surface area contributed by atoms with E-state index in [0.29, 0.717) is 12.0 Å². The molecule has 1 aromatic rings. The molecule has 0 spiro atoms. The van der Waals surface area contributed by atoms with Crippen molar-refractivity contribution in [3.05, 3.63) is 35.4 Å². The predicted octanol–water partition coefficient (Wildman–Crippen LogP) is 1.18. The van der Waals surface area contributed by atoms with Crippen molar-refractivity contribution in [1.29, 1.82) is 0 Å². The number of hydrazine groups is 1. The lowest BCUT2D eigenvalue weighted by Crippen LogP contribution is -2.41. The number of nitrogens with two attached hydrogens (primary N) is 1. The first-order valence-corrected chi connectivity index (χ1v) is 4.37. The van der Waals surface area contributed by atoms with Crippen LogP contribution in [0, 0.1) is 0 Å². The molecule has 2 heteroatoms. The average Bonchev–Trinajstić information content (AvgIpc) is 2.07. The van der Waals surface area contributed by atoms with E-state index in [9.17, 15) is 0 Å². The molecule has 2 atom stereocenters. The molecule has 0 radical (unpaired) electrons. The van der Waals surface area contributed by atoms with E-state index in [1.807, 2.05) is 0 Å². The molecule has 0 aliphatic heterocycles. The molecule has 1 aliphatic carbocycles.